The summed E-state index contributed by atoms with van der Waals surface area (Å²) in [5.41, 5.74) is 7.58. The van der Waals surface area contributed by atoms with Crippen molar-refractivity contribution in [2.75, 3.05) is 78.2 Å². The van der Waals surface area contributed by atoms with Crippen molar-refractivity contribution >= 4 is 32.7 Å². The van der Waals surface area contributed by atoms with Crippen molar-refractivity contribution < 1.29 is 56.9 Å². The molecule has 0 saturated carbocycles. The van der Waals surface area contributed by atoms with Crippen molar-refractivity contribution in [1.82, 2.24) is 0 Å². The molecule has 0 radical (unpaired) electrons. The van der Waals surface area contributed by atoms with Gasteiger partial charge in [-0.3, -0.25) is 4.79 Å². The summed E-state index contributed by atoms with van der Waals surface area (Å²) >= 11 is 0. The Bertz CT molecular complexity index is 2380. The van der Waals surface area contributed by atoms with Crippen LogP contribution in [0.2, 0.25) is 0 Å². The van der Waals surface area contributed by atoms with E-state index < -0.39 is 15.8 Å². The average Bonchev–Trinajstić information content (AvgIpc) is 3.55. The number of fused-ring (bicyclic) bond motifs is 6. The van der Waals surface area contributed by atoms with Gasteiger partial charge in [0.15, 0.2) is 40.8 Å². The molecular weight excluding hydrogens is 806 g/mol. The maximum Gasteiger partial charge on any atom is 0.203 e. The first-order valence-electron chi connectivity index (χ1n) is 19.0. The summed E-state index contributed by atoms with van der Waals surface area (Å²) in [6.45, 7) is 0. The molecule has 2 aliphatic rings. The number of benzene rings is 5. The molecule has 1 atom stereocenters. The molecule has 12 nitrogen and oxygen atoms in total. The second-order valence-electron chi connectivity index (χ2n) is 13.9. The normalized spacial score (nSPS) is 14.2. The Balaban J connectivity index is 1.50. The zero-order chi connectivity index (χ0) is 42.8. The number of aldehydes is 1. The van der Waals surface area contributed by atoms with Gasteiger partial charge in [0.2, 0.25) is 17.2 Å². The minimum absolute atomic E-state index is 0.317. The summed E-state index contributed by atoms with van der Waals surface area (Å²) in [4.78, 5) is 12.7. The van der Waals surface area contributed by atoms with Gasteiger partial charge in [0.1, 0.15) is 11.5 Å². The van der Waals surface area contributed by atoms with Crippen LogP contribution in [0.4, 0.5) is 0 Å². The van der Waals surface area contributed by atoms with Gasteiger partial charge in [0, 0.05) is 22.3 Å². The zero-order valence-corrected chi connectivity index (χ0v) is 37.6. The minimum Gasteiger partial charge on any atom is -0.496 e. The molecule has 2 aliphatic heterocycles. The van der Waals surface area contributed by atoms with Crippen LogP contribution in [-0.4, -0.2) is 84.5 Å². The predicted molar refractivity (Wildman–Crippen MR) is 236 cm³/mol. The van der Waals surface area contributed by atoms with Crippen LogP contribution in [-0.2, 0) is 24.6 Å². The highest BCUT2D eigenvalue weighted by Gasteiger charge is 2.37. The number of methoxy groups -OCH3 is 11. The van der Waals surface area contributed by atoms with E-state index in [2.05, 4.69) is 36.4 Å². The summed E-state index contributed by atoms with van der Waals surface area (Å²) in [7, 11) is 15.8. The summed E-state index contributed by atoms with van der Waals surface area (Å²) in [5, 5.41) is 2.52. The smallest absolute Gasteiger partial charge is 0.203 e. The number of hydrogen-bond donors (Lipinski definition) is 0. The lowest BCUT2D eigenvalue weighted by Gasteiger charge is -2.26. The molecule has 0 N–H and O–H groups in total. The van der Waals surface area contributed by atoms with E-state index in [4.69, 9.17) is 52.1 Å². The summed E-state index contributed by atoms with van der Waals surface area (Å²) < 4.78 is 65.9. The monoisotopic (exact) mass is 856 g/mol. The molecule has 14 heteroatoms. The van der Waals surface area contributed by atoms with Crippen LogP contribution < -0.4 is 62.7 Å². The Labute approximate surface area is 353 Å². The van der Waals surface area contributed by atoms with E-state index in [0.29, 0.717) is 93.5 Å². The molecule has 0 aliphatic carbocycles. The Morgan fingerprint density at radius 1 is 0.383 bits per heavy atom. The van der Waals surface area contributed by atoms with Crippen LogP contribution in [0.25, 0.3) is 22.3 Å². The van der Waals surface area contributed by atoms with E-state index >= 15 is 0 Å². The molecule has 0 amide bonds. The van der Waals surface area contributed by atoms with Crippen LogP contribution in [0, 0.1) is 0 Å². The van der Waals surface area contributed by atoms with Crippen LogP contribution >= 0.6 is 15.8 Å². The van der Waals surface area contributed by atoms with Gasteiger partial charge in [-0.2, -0.15) is 0 Å². The van der Waals surface area contributed by atoms with Crippen LogP contribution in [0.3, 0.4) is 0 Å². The van der Waals surface area contributed by atoms with Gasteiger partial charge in [0.25, 0.3) is 0 Å². The van der Waals surface area contributed by atoms with E-state index in [9.17, 15) is 4.79 Å². The molecule has 316 valence electrons. The maximum absolute atomic E-state index is 12.7. The lowest BCUT2D eigenvalue weighted by Crippen LogP contribution is -2.23. The molecule has 60 heavy (non-hydrogen) atoms. The van der Waals surface area contributed by atoms with E-state index in [0.717, 1.165) is 50.8 Å². The molecule has 7 rings (SSSR count). The number of rotatable bonds is 14. The third-order valence-electron chi connectivity index (χ3n) is 11.1. The SMILES string of the molecule is COc1cc2c(c(OC)c1C=O)-c1c(cc(OC)c(OC)c1OC)CP(c1ccccc1P1Cc3cc(OC)c(OC)c(OC)c3-c3c(cc(OC)c(OC)c3OC)C1)C2. The van der Waals surface area contributed by atoms with Gasteiger partial charge in [-0.15, -0.1) is 0 Å². The summed E-state index contributed by atoms with van der Waals surface area (Å²) in [5.74, 6) is 5.52. The maximum atomic E-state index is 12.7. The fourth-order valence-corrected chi connectivity index (χ4v) is 14.5. The molecule has 0 aromatic heterocycles. The highest BCUT2D eigenvalue weighted by Crippen LogP contribution is 2.62. The molecule has 0 saturated heterocycles. The van der Waals surface area contributed by atoms with E-state index in [1.807, 2.05) is 12.1 Å². The van der Waals surface area contributed by atoms with Gasteiger partial charge in [0.05, 0.1) is 83.8 Å². The highest BCUT2D eigenvalue weighted by molar-refractivity contribution is 7.70. The Morgan fingerprint density at radius 2 is 0.667 bits per heavy atom. The average molecular weight is 857 g/mol. The molecule has 5 aromatic carbocycles. The van der Waals surface area contributed by atoms with Crippen molar-refractivity contribution in [2.24, 2.45) is 0 Å². The topological polar surface area (TPSA) is 119 Å². The lowest BCUT2D eigenvalue weighted by atomic mass is 9.91. The Morgan fingerprint density at radius 3 is 0.933 bits per heavy atom. The second kappa shape index (κ2) is 18.0. The van der Waals surface area contributed by atoms with Gasteiger partial charge in [-0.05, 0) is 81.8 Å². The Hall–Kier alpha value is -5.57. The zero-order valence-electron chi connectivity index (χ0n) is 35.8. The molecule has 2 heterocycles. The molecule has 1 unspecified atom stereocenters. The standard InChI is InChI=1S/C46H50O12P2/c1-48-30-16-25-21-59(22-26-17-31(49-2)41(53-6)44(56-9)37(26)36(25)40(52-5)29(30)20-47)34-14-12-13-15-35(34)60-23-27-18-32(50-3)42(54-7)45(57-10)38(27)39-28(24-60)19-33(51-4)43(55-8)46(39)58-11/h12-20H,21-24H2,1-11H3. The fraction of sp³-hybridized carbons (Fsp3) is 0.326. The molecule has 0 fully saturated rings. The van der Waals surface area contributed by atoms with Crippen molar-refractivity contribution in [3.05, 3.63) is 76.3 Å². The van der Waals surface area contributed by atoms with Crippen molar-refractivity contribution in [2.45, 2.75) is 24.6 Å². The fourth-order valence-electron chi connectivity index (χ4n) is 8.68. The quantitative estimate of drug-likeness (QED) is 0.0787. The Kier molecular flexibility index (Phi) is 12.7. The molecule has 0 spiro atoms. The third-order valence-corrected chi connectivity index (χ3v) is 16.4. The minimum atomic E-state index is -0.980. The van der Waals surface area contributed by atoms with Gasteiger partial charge >= 0.3 is 0 Å². The van der Waals surface area contributed by atoms with Crippen molar-refractivity contribution in [3.8, 4) is 85.5 Å². The first-order chi connectivity index (χ1) is 29.2. The highest BCUT2D eigenvalue weighted by atomic mass is 31.1. The van der Waals surface area contributed by atoms with Crippen molar-refractivity contribution in [3.63, 3.8) is 0 Å². The largest absolute Gasteiger partial charge is 0.496 e. The first-order valence-corrected chi connectivity index (χ1v) is 22.4. The number of carbonyl (C=O) groups excluding carboxylic acids is 1. The number of carbonyl (C=O) groups is 1. The van der Waals surface area contributed by atoms with Crippen LogP contribution in [0.15, 0.2) is 48.5 Å². The van der Waals surface area contributed by atoms with Crippen molar-refractivity contribution in [1.29, 1.82) is 0 Å². The van der Waals surface area contributed by atoms with E-state index in [1.54, 1.807) is 78.2 Å². The van der Waals surface area contributed by atoms with Crippen LogP contribution in [0.1, 0.15) is 32.6 Å². The summed E-state index contributed by atoms with van der Waals surface area (Å²) in [6, 6.07) is 16.9. The number of ether oxygens (including phenoxy) is 11. The van der Waals surface area contributed by atoms with Gasteiger partial charge < -0.3 is 52.1 Å². The predicted octanol–water partition coefficient (Wildman–Crippen LogP) is 8.57. The van der Waals surface area contributed by atoms with Gasteiger partial charge in [-0.1, -0.05) is 40.1 Å². The molecular formula is C46H50O12P2. The molecule has 5 aromatic rings. The van der Waals surface area contributed by atoms with E-state index in [-0.39, 0.29) is 0 Å². The first kappa shape index (κ1) is 42.6. The van der Waals surface area contributed by atoms with Crippen LogP contribution in [0.5, 0.6) is 63.2 Å². The third kappa shape index (κ3) is 6.93. The van der Waals surface area contributed by atoms with Gasteiger partial charge in [-0.25, -0.2) is 0 Å². The molecule has 0 bridgehead atoms. The number of hydrogen-bond acceptors (Lipinski definition) is 12. The van der Waals surface area contributed by atoms with E-state index in [1.165, 1.54) is 10.6 Å². The lowest BCUT2D eigenvalue weighted by molar-refractivity contribution is 0.111. The second-order valence-corrected chi connectivity index (χ2v) is 18.3. The summed E-state index contributed by atoms with van der Waals surface area (Å²) in [6.07, 6.45) is 3.49.